The Morgan fingerprint density at radius 3 is 2.42 bits per heavy atom. The van der Waals surface area contributed by atoms with E-state index < -0.39 is 16.1 Å². The van der Waals surface area contributed by atoms with Crippen molar-refractivity contribution in [1.82, 2.24) is 9.46 Å². The van der Waals surface area contributed by atoms with Crippen molar-refractivity contribution in [2.45, 2.75) is 51.5 Å². The summed E-state index contributed by atoms with van der Waals surface area (Å²) in [6.07, 6.45) is 1.12. The maximum Gasteiger partial charge on any atom is 0.249 e. The molecule has 1 unspecified atom stereocenters. The molecule has 1 aliphatic rings. The normalized spacial score (nSPS) is 18.2. The SMILES string of the molecule is Cc1cc(C)cc(NC(=O)C2CCCN2S(=O)(=O)c2c(C)noc2C)c1. The van der Waals surface area contributed by atoms with E-state index in [1.807, 2.05) is 32.0 Å². The molecule has 2 aromatic rings. The molecular weight excluding hydrogens is 354 g/mol. The van der Waals surface area contributed by atoms with Crippen LogP contribution >= 0.6 is 0 Å². The first kappa shape index (κ1) is 18.6. The molecule has 0 radical (unpaired) electrons. The average molecular weight is 377 g/mol. The zero-order valence-corrected chi connectivity index (χ0v) is 16.2. The second-order valence-electron chi connectivity index (χ2n) is 6.79. The summed E-state index contributed by atoms with van der Waals surface area (Å²) < 4.78 is 32.4. The van der Waals surface area contributed by atoms with Crippen LogP contribution in [-0.2, 0) is 14.8 Å². The number of aryl methyl sites for hydroxylation is 4. The molecule has 1 saturated heterocycles. The molecule has 2 heterocycles. The molecule has 0 saturated carbocycles. The van der Waals surface area contributed by atoms with Crippen molar-refractivity contribution in [2.24, 2.45) is 0 Å². The van der Waals surface area contributed by atoms with Gasteiger partial charge in [-0.15, -0.1) is 0 Å². The Labute approximate surface area is 153 Å². The highest BCUT2D eigenvalue weighted by atomic mass is 32.2. The zero-order chi connectivity index (χ0) is 19.1. The molecule has 8 heteroatoms. The van der Waals surface area contributed by atoms with E-state index in [-0.39, 0.29) is 16.6 Å². The lowest BCUT2D eigenvalue weighted by molar-refractivity contribution is -0.119. The molecule has 0 spiro atoms. The van der Waals surface area contributed by atoms with Crippen molar-refractivity contribution in [2.75, 3.05) is 11.9 Å². The number of carbonyl (C=O) groups is 1. The zero-order valence-electron chi connectivity index (χ0n) is 15.4. The molecule has 1 atom stereocenters. The smallest absolute Gasteiger partial charge is 0.249 e. The lowest BCUT2D eigenvalue weighted by atomic mass is 10.1. The Morgan fingerprint density at radius 1 is 1.19 bits per heavy atom. The maximum absolute atomic E-state index is 13.1. The van der Waals surface area contributed by atoms with Crippen LogP contribution in [0.2, 0.25) is 0 Å². The summed E-state index contributed by atoms with van der Waals surface area (Å²) in [5.74, 6) is -0.0781. The summed E-state index contributed by atoms with van der Waals surface area (Å²) in [4.78, 5) is 12.8. The van der Waals surface area contributed by atoms with Gasteiger partial charge < -0.3 is 9.84 Å². The summed E-state index contributed by atoms with van der Waals surface area (Å²) >= 11 is 0. The lowest BCUT2D eigenvalue weighted by Gasteiger charge is -2.23. The highest BCUT2D eigenvalue weighted by Gasteiger charge is 2.41. The van der Waals surface area contributed by atoms with Crippen molar-refractivity contribution in [3.63, 3.8) is 0 Å². The molecule has 1 amide bonds. The van der Waals surface area contributed by atoms with Crippen molar-refractivity contribution in [3.05, 3.63) is 40.8 Å². The van der Waals surface area contributed by atoms with Gasteiger partial charge in [0.05, 0.1) is 0 Å². The number of benzene rings is 1. The van der Waals surface area contributed by atoms with Crippen molar-refractivity contribution in [1.29, 1.82) is 0 Å². The lowest BCUT2D eigenvalue weighted by Crippen LogP contribution is -2.43. The van der Waals surface area contributed by atoms with E-state index in [0.29, 0.717) is 30.8 Å². The fraction of sp³-hybridized carbons (Fsp3) is 0.444. The third-order valence-electron chi connectivity index (χ3n) is 4.53. The van der Waals surface area contributed by atoms with Crippen LogP contribution in [0.1, 0.15) is 35.4 Å². The Morgan fingerprint density at radius 2 is 1.85 bits per heavy atom. The quantitative estimate of drug-likeness (QED) is 0.884. The second-order valence-corrected chi connectivity index (χ2v) is 8.62. The van der Waals surface area contributed by atoms with E-state index in [4.69, 9.17) is 4.52 Å². The van der Waals surface area contributed by atoms with Crippen LogP contribution in [0, 0.1) is 27.7 Å². The molecular formula is C18H23N3O4S. The number of aromatic nitrogens is 1. The van der Waals surface area contributed by atoms with Gasteiger partial charge in [0.15, 0.2) is 5.76 Å². The molecule has 1 fully saturated rings. The molecule has 7 nitrogen and oxygen atoms in total. The molecule has 140 valence electrons. The van der Waals surface area contributed by atoms with E-state index in [9.17, 15) is 13.2 Å². The third kappa shape index (κ3) is 3.39. The number of nitrogens with one attached hydrogen (secondary N) is 1. The minimum Gasteiger partial charge on any atom is -0.360 e. The van der Waals surface area contributed by atoms with E-state index >= 15 is 0 Å². The minimum atomic E-state index is -3.84. The first-order chi connectivity index (χ1) is 12.2. The maximum atomic E-state index is 13.1. The van der Waals surface area contributed by atoms with Gasteiger partial charge in [-0.3, -0.25) is 4.79 Å². The van der Waals surface area contributed by atoms with Crippen LogP contribution in [0.15, 0.2) is 27.6 Å². The van der Waals surface area contributed by atoms with Crippen LogP contribution in [0.25, 0.3) is 0 Å². The van der Waals surface area contributed by atoms with Crippen molar-refractivity contribution < 1.29 is 17.7 Å². The molecule has 1 N–H and O–H groups in total. The third-order valence-corrected chi connectivity index (χ3v) is 6.68. The van der Waals surface area contributed by atoms with Gasteiger partial charge in [0, 0.05) is 12.2 Å². The molecule has 3 rings (SSSR count). The van der Waals surface area contributed by atoms with E-state index in [1.54, 1.807) is 13.8 Å². The predicted octanol–water partition coefficient (Wildman–Crippen LogP) is 2.70. The van der Waals surface area contributed by atoms with Gasteiger partial charge >= 0.3 is 0 Å². The monoisotopic (exact) mass is 377 g/mol. The molecule has 0 bridgehead atoms. The van der Waals surface area contributed by atoms with Gasteiger partial charge in [-0.05, 0) is 63.8 Å². The summed E-state index contributed by atoms with van der Waals surface area (Å²) in [6.45, 7) is 7.35. The standard InChI is InChI=1S/C18H23N3O4S/c1-11-8-12(2)10-15(9-11)19-18(22)16-6-5-7-21(16)26(23,24)17-13(3)20-25-14(17)4/h8-10,16H,5-7H2,1-4H3,(H,19,22). The van der Waals surface area contributed by atoms with Crippen LogP contribution in [0.4, 0.5) is 5.69 Å². The summed E-state index contributed by atoms with van der Waals surface area (Å²) in [5.41, 5.74) is 3.05. The van der Waals surface area contributed by atoms with Crippen LogP contribution in [0.5, 0.6) is 0 Å². The highest BCUT2D eigenvalue weighted by molar-refractivity contribution is 7.89. The number of amides is 1. The van der Waals surface area contributed by atoms with Gasteiger partial charge in [-0.25, -0.2) is 8.42 Å². The Hall–Kier alpha value is -2.19. The number of rotatable bonds is 4. The Balaban J connectivity index is 1.87. The van der Waals surface area contributed by atoms with Crippen molar-refractivity contribution in [3.8, 4) is 0 Å². The van der Waals surface area contributed by atoms with Gasteiger partial charge in [-0.1, -0.05) is 11.2 Å². The molecule has 1 aliphatic heterocycles. The van der Waals surface area contributed by atoms with E-state index in [1.165, 1.54) is 4.31 Å². The first-order valence-electron chi connectivity index (χ1n) is 8.54. The predicted molar refractivity (Wildman–Crippen MR) is 97.4 cm³/mol. The number of nitrogens with zero attached hydrogens (tertiary/aromatic N) is 2. The van der Waals surface area contributed by atoms with Gasteiger partial charge in [0.1, 0.15) is 16.6 Å². The average Bonchev–Trinajstić information content (AvgIpc) is 3.13. The number of anilines is 1. The number of carbonyl (C=O) groups excluding carboxylic acids is 1. The molecule has 0 aliphatic carbocycles. The van der Waals surface area contributed by atoms with Crippen LogP contribution < -0.4 is 5.32 Å². The Kier molecular flexibility index (Phi) is 4.90. The second kappa shape index (κ2) is 6.85. The summed E-state index contributed by atoms with van der Waals surface area (Å²) in [6, 6.07) is 5.01. The van der Waals surface area contributed by atoms with Gasteiger partial charge in [-0.2, -0.15) is 4.31 Å². The highest BCUT2D eigenvalue weighted by Crippen LogP contribution is 2.30. The molecule has 1 aromatic heterocycles. The fourth-order valence-electron chi connectivity index (χ4n) is 3.52. The number of hydrogen-bond donors (Lipinski definition) is 1. The van der Waals surface area contributed by atoms with E-state index in [2.05, 4.69) is 10.5 Å². The summed E-state index contributed by atoms with van der Waals surface area (Å²) in [5, 5.41) is 6.59. The van der Waals surface area contributed by atoms with E-state index in [0.717, 1.165) is 11.1 Å². The number of hydrogen-bond acceptors (Lipinski definition) is 5. The largest absolute Gasteiger partial charge is 0.360 e. The number of sulfonamides is 1. The topological polar surface area (TPSA) is 92.5 Å². The fourth-order valence-corrected chi connectivity index (χ4v) is 5.47. The van der Waals surface area contributed by atoms with Crippen LogP contribution in [-0.4, -0.2) is 36.4 Å². The molecule has 1 aromatic carbocycles. The first-order valence-corrected chi connectivity index (χ1v) is 9.98. The molecule has 26 heavy (non-hydrogen) atoms. The van der Waals surface area contributed by atoms with Gasteiger partial charge in [0.25, 0.3) is 0 Å². The summed E-state index contributed by atoms with van der Waals surface area (Å²) in [7, 11) is -3.84. The Bertz CT molecular complexity index is 910. The van der Waals surface area contributed by atoms with Crippen LogP contribution in [0.3, 0.4) is 0 Å². The van der Waals surface area contributed by atoms with Crippen molar-refractivity contribution >= 4 is 21.6 Å². The van der Waals surface area contributed by atoms with Gasteiger partial charge in [0.2, 0.25) is 15.9 Å². The minimum absolute atomic E-state index is 0.0589.